The Hall–Kier alpha value is -2.20. The van der Waals surface area contributed by atoms with Crippen molar-refractivity contribution in [3.63, 3.8) is 0 Å². The average molecular weight is 315 g/mol. The highest BCUT2D eigenvalue weighted by atomic mass is 35.5. The highest BCUT2D eigenvalue weighted by Crippen LogP contribution is 2.62. The summed E-state index contributed by atoms with van der Waals surface area (Å²) in [5.41, 5.74) is 1.91. The maximum absolute atomic E-state index is 11.6. The van der Waals surface area contributed by atoms with Crippen molar-refractivity contribution in [2.45, 2.75) is 17.9 Å². The van der Waals surface area contributed by atoms with Gasteiger partial charge in [0.05, 0.1) is 6.54 Å². The molecule has 1 aliphatic rings. The number of nitroso groups, excluding NO2 is 1. The molecular formula is C17H15ClN2O2. The molecule has 1 saturated carbocycles. The van der Waals surface area contributed by atoms with E-state index in [1.54, 1.807) is 0 Å². The van der Waals surface area contributed by atoms with Gasteiger partial charge in [0.25, 0.3) is 0 Å². The number of rotatable bonds is 6. The van der Waals surface area contributed by atoms with Crippen molar-refractivity contribution in [3.05, 3.63) is 69.6 Å². The van der Waals surface area contributed by atoms with Gasteiger partial charge in [0.2, 0.25) is 0 Å². The summed E-state index contributed by atoms with van der Waals surface area (Å²) in [6.45, 7) is 0.206. The van der Waals surface area contributed by atoms with Crippen LogP contribution in [0.4, 0.5) is 5.69 Å². The topological polar surface area (TPSA) is 58.5 Å². The zero-order valence-corrected chi connectivity index (χ0v) is 12.6. The van der Waals surface area contributed by atoms with E-state index in [-0.39, 0.29) is 12.5 Å². The zero-order valence-electron chi connectivity index (χ0n) is 11.8. The number of nitrogens with zero attached hydrogens (tertiary/aromatic N) is 1. The van der Waals surface area contributed by atoms with Crippen LogP contribution in [0.2, 0.25) is 5.02 Å². The van der Waals surface area contributed by atoms with Gasteiger partial charge >= 0.3 is 0 Å². The van der Waals surface area contributed by atoms with Gasteiger partial charge in [0.1, 0.15) is 11.8 Å². The molecule has 0 radical (unpaired) electrons. The second-order valence-corrected chi connectivity index (χ2v) is 5.85. The number of aldehydes is 1. The smallest absolute Gasteiger partial charge is 0.139 e. The number of carbonyl (C=O) groups excluding carboxylic acids is 1. The van der Waals surface area contributed by atoms with Crippen LogP contribution in [0.1, 0.15) is 23.5 Å². The molecule has 2 atom stereocenters. The number of hydrogen-bond acceptors (Lipinski definition) is 4. The van der Waals surface area contributed by atoms with E-state index in [0.717, 1.165) is 23.1 Å². The molecule has 4 nitrogen and oxygen atoms in total. The summed E-state index contributed by atoms with van der Waals surface area (Å²) in [5, 5.41) is 7.14. The lowest BCUT2D eigenvalue weighted by atomic mass is 9.97. The van der Waals surface area contributed by atoms with Crippen molar-refractivity contribution >= 4 is 23.6 Å². The van der Waals surface area contributed by atoms with Crippen molar-refractivity contribution in [1.82, 2.24) is 0 Å². The molecule has 0 aromatic heterocycles. The van der Waals surface area contributed by atoms with Crippen molar-refractivity contribution in [2.24, 2.45) is 5.18 Å². The third-order valence-electron chi connectivity index (χ3n) is 4.14. The molecule has 2 aromatic rings. The van der Waals surface area contributed by atoms with Gasteiger partial charge in [-0.2, -0.15) is 0 Å². The Morgan fingerprint density at radius 3 is 2.64 bits per heavy atom. The molecule has 0 bridgehead atoms. The van der Waals surface area contributed by atoms with Gasteiger partial charge < -0.3 is 10.1 Å². The van der Waals surface area contributed by atoms with Crippen LogP contribution in [-0.2, 0) is 10.3 Å². The van der Waals surface area contributed by atoms with Crippen LogP contribution in [0, 0.1) is 4.91 Å². The van der Waals surface area contributed by atoms with Crippen LogP contribution in [-0.4, -0.2) is 12.8 Å². The first kappa shape index (κ1) is 14.7. The van der Waals surface area contributed by atoms with Crippen LogP contribution in [0.25, 0.3) is 0 Å². The largest absolute Gasteiger partial charge is 0.378 e. The fourth-order valence-electron chi connectivity index (χ4n) is 2.96. The van der Waals surface area contributed by atoms with Gasteiger partial charge in [-0.1, -0.05) is 47.1 Å². The van der Waals surface area contributed by atoms with Crippen LogP contribution < -0.4 is 5.32 Å². The van der Waals surface area contributed by atoms with Gasteiger partial charge in [-0.3, -0.25) is 0 Å². The Labute approximate surface area is 133 Å². The Kier molecular flexibility index (Phi) is 3.94. The lowest BCUT2D eigenvalue weighted by Crippen LogP contribution is -2.12. The lowest BCUT2D eigenvalue weighted by Gasteiger charge is -2.15. The highest BCUT2D eigenvalue weighted by molar-refractivity contribution is 6.30. The molecule has 0 aliphatic heterocycles. The summed E-state index contributed by atoms with van der Waals surface area (Å²) in [4.78, 5) is 22.2. The SMILES string of the molecule is O=CCNc1ccccc1[C@@]1(N=O)C[C@H]1c1ccc(Cl)cc1. The molecule has 0 heterocycles. The van der Waals surface area contributed by atoms with E-state index in [4.69, 9.17) is 11.6 Å². The van der Waals surface area contributed by atoms with Crippen molar-refractivity contribution < 1.29 is 4.79 Å². The molecule has 1 aliphatic carbocycles. The molecule has 3 rings (SSSR count). The first-order valence-corrected chi connectivity index (χ1v) is 7.46. The van der Waals surface area contributed by atoms with Crippen molar-refractivity contribution in [1.29, 1.82) is 0 Å². The Balaban J connectivity index is 1.94. The molecular weight excluding hydrogens is 300 g/mol. The summed E-state index contributed by atoms with van der Waals surface area (Å²) >= 11 is 5.91. The summed E-state index contributed by atoms with van der Waals surface area (Å²) in [6.07, 6.45) is 1.46. The van der Waals surface area contributed by atoms with E-state index in [2.05, 4.69) is 10.5 Å². The number of halogens is 1. The van der Waals surface area contributed by atoms with E-state index >= 15 is 0 Å². The standard InChI is InChI=1S/C17H15ClN2O2/c18-13-7-5-12(6-8-13)15-11-17(15,20-22)14-3-1-2-4-16(14)19-9-10-21/h1-8,10,15,19H,9,11H2/t15-,17-/m0/s1. The molecule has 1 N–H and O–H groups in total. The summed E-state index contributed by atoms with van der Waals surface area (Å²) in [6, 6.07) is 15.0. The predicted molar refractivity (Wildman–Crippen MR) is 87.3 cm³/mol. The molecule has 112 valence electrons. The molecule has 0 amide bonds. The summed E-state index contributed by atoms with van der Waals surface area (Å²) in [5.74, 6) is 0.0430. The number of para-hydroxylation sites is 1. The van der Waals surface area contributed by atoms with E-state index in [1.807, 2.05) is 48.5 Å². The highest BCUT2D eigenvalue weighted by Gasteiger charge is 2.59. The van der Waals surface area contributed by atoms with Gasteiger partial charge in [0, 0.05) is 22.2 Å². The van der Waals surface area contributed by atoms with Gasteiger partial charge in [-0.25, -0.2) is 0 Å². The monoisotopic (exact) mass is 314 g/mol. The zero-order chi connectivity index (χ0) is 15.6. The predicted octanol–water partition coefficient (Wildman–Crippen LogP) is 4.10. The van der Waals surface area contributed by atoms with Gasteiger partial charge in [-0.15, -0.1) is 4.91 Å². The first-order chi connectivity index (χ1) is 10.7. The summed E-state index contributed by atoms with van der Waals surface area (Å²) < 4.78 is 0. The second-order valence-electron chi connectivity index (χ2n) is 5.42. The third kappa shape index (κ3) is 2.50. The van der Waals surface area contributed by atoms with Crippen molar-refractivity contribution in [2.75, 3.05) is 11.9 Å². The molecule has 0 saturated heterocycles. The number of hydrogen-bond donors (Lipinski definition) is 1. The molecule has 5 heteroatoms. The fraction of sp³-hybridized carbons (Fsp3) is 0.235. The lowest BCUT2D eigenvalue weighted by molar-refractivity contribution is -0.106. The van der Waals surface area contributed by atoms with E-state index in [9.17, 15) is 9.70 Å². The van der Waals surface area contributed by atoms with Crippen molar-refractivity contribution in [3.8, 4) is 0 Å². The normalized spacial score (nSPS) is 22.9. The maximum Gasteiger partial charge on any atom is 0.139 e. The number of carbonyl (C=O) groups is 1. The maximum atomic E-state index is 11.6. The first-order valence-electron chi connectivity index (χ1n) is 7.08. The quantitative estimate of drug-likeness (QED) is 0.645. The number of anilines is 1. The van der Waals surface area contributed by atoms with Crippen LogP contribution in [0.3, 0.4) is 0 Å². The fourth-order valence-corrected chi connectivity index (χ4v) is 3.08. The molecule has 22 heavy (non-hydrogen) atoms. The van der Waals surface area contributed by atoms with Gasteiger partial charge in [-0.05, 0) is 30.2 Å². The van der Waals surface area contributed by atoms with Crippen LogP contribution in [0.15, 0.2) is 53.7 Å². The molecule has 0 unspecified atom stereocenters. The van der Waals surface area contributed by atoms with Crippen LogP contribution in [0.5, 0.6) is 0 Å². The Bertz CT molecular complexity index is 702. The second kappa shape index (κ2) is 5.89. The molecule has 2 aromatic carbocycles. The van der Waals surface area contributed by atoms with E-state index in [1.165, 1.54) is 0 Å². The Morgan fingerprint density at radius 1 is 1.23 bits per heavy atom. The van der Waals surface area contributed by atoms with E-state index < -0.39 is 5.54 Å². The number of nitrogens with one attached hydrogen (secondary N) is 1. The molecule has 1 fully saturated rings. The Morgan fingerprint density at radius 2 is 1.95 bits per heavy atom. The van der Waals surface area contributed by atoms with Crippen LogP contribution >= 0.6 is 11.6 Å². The van der Waals surface area contributed by atoms with Gasteiger partial charge in [0.15, 0.2) is 0 Å². The minimum atomic E-state index is -0.764. The summed E-state index contributed by atoms with van der Waals surface area (Å²) in [7, 11) is 0. The average Bonchev–Trinajstić information content (AvgIpc) is 3.30. The van der Waals surface area contributed by atoms with E-state index in [0.29, 0.717) is 11.4 Å². The third-order valence-corrected chi connectivity index (χ3v) is 4.39. The number of benzene rings is 2. The molecule has 0 spiro atoms. The minimum Gasteiger partial charge on any atom is -0.378 e. The minimum absolute atomic E-state index is 0.0430.